The Balaban J connectivity index is 1.66. The molecular formula is C18H18FIN2O. The maximum absolute atomic E-state index is 13.0. The van der Waals surface area contributed by atoms with E-state index in [1.54, 1.807) is 12.1 Å². The van der Waals surface area contributed by atoms with Crippen LogP contribution in [0.4, 0.5) is 10.1 Å². The van der Waals surface area contributed by atoms with E-state index < -0.39 is 0 Å². The van der Waals surface area contributed by atoms with Gasteiger partial charge in [0.25, 0.3) is 5.91 Å². The molecule has 3 nitrogen and oxygen atoms in total. The molecule has 0 saturated carbocycles. The van der Waals surface area contributed by atoms with E-state index in [1.807, 2.05) is 30.0 Å². The summed E-state index contributed by atoms with van der Waals surface area (Å²) in [6, 6.07) is 12.4. The lowest BCUT2D eigenvalue weighted by Gasteiger charge is -2.36. The molecule has 3 rings (SSSR count). The van der Waals surface area contributed by atoms with E-state index in [2.05, 4.69) is 27.5 Å². The first kappa shape index (κ1) is 16.2. The molecule has 0 atom stereocenters. The molecule has 1 saturated heterocycles. The third kappa shape index (κ3) is 3.65. The standard InChI is InChI=1S/C18H18FIN2O/c1-13-2-7-16(17(20)12-13)18(23)22-10-8-21(9-11-22)15-5-3-14(19)4-6-15/h2-7,12H,8-11H2,1H3. The Morgan fingerprint density at radius 1 is 1.04 bits per heavy atom. The second kappa shape index (κ2) is 6.86. The van der Waals surface area contributed by atoms with Gasteiger partial charge in [-0.2, -0.15) is 0 Å². The predicted octanol–water partition coefficient (Wildman–Crippen LogP) is 3.70. The monoisotopic (exact) mass is 424 g/mol. The number of piperazine rings is 1. The summed E-state index contributed by atoms with van der Waals surface area (Å²) >= 11 is 2.22. The highest BCUT2D eigenvalue weighted by molar-refractivity contribution is 14.1. The Bertz CT molecular complexity index is 709. The van der Waals surface area contributed by atoms with E-state index in [0.29, 0.717) is 13.1 Å². The van der Waals surface area contributed by atoms with Gasteiger partial charge >= 0.3 is 0 Å². The van der Waals surface area contributed by atoms with Crippen molar-refractivity contribution in [3.63, 3.8) is 0 Å². The largest absolute Gasteiger partial charge is 0.368 e. The van der Waals surface area contributed by atoms with Gasteiger partial charge in [0, 0.05) is 35.4 Å². The Morgan fingerprint density at radius 2 is 1.70 bits per heavy atom. The van der Waals surface area contributed by atoms with E-state index in [9.17, 15) is 9.18 Å². The maximum Gasteiger partial charge on any atom is 0.255 e. The van der Waals surface area contributed by atoms with Crippen LogP contribution in [0.5, 0.6) is 0 Å². The molecule has 120 valence electrons. The first-order valence-electron chi connectivity index (χ1n) is 7.60. The molecule has 0 bridgehead atoms. The topological polar surface area (TPSA) is 23.6 Å². The number of aryl methyl sites for hydroxylation is 1. The third-order valence-electron chi connectivity index (χ3n) is 4.11. The number of anilines is 1. The number of carbonyl (C=O) groups is 1. The molecule has 1 aliphatic heterocycles. The fourth-order valence-corrected chi connectivity index (χ4v) is 3.69. The molecule has 1 fully saturated rings. The summed E-state index contributed by atoms with van der Waals surface area (Å²) in [7, 11) is 0. The molecule has 0 N–H and O–H groups in total. The number of nitrogens with zero attached hydrogens (tertiary/aromatic N) is 2. The SMILES string of the molecule is Cc1ccc(C(=O)N2CCN(c3ccc(F)cc3)CC2)c(I)c1. The molecule has 1 amide bonds. The molecule has 2 aromatic carbocycles. The molecule has 0 spiro atoms. The number of carbonyl (C=O) groups excluding carboxylic acids is 1. The van der Waals surface area contributed by atoms with Gasteiger partial charge in [0.15, 0.2) is 0 Å². The zero-order valence-electron chi connectivity index (χ0n) is 12.9. The van der Waals surface area contributed by atoms with Gasteiger partial charge in [-0.15, -0.1) is 0 Å². The molecule has 1 aliphatic rings. The lowest BCUT2D eigenvalue weighted by atomic mass is 10.1. The molecule has 1 heterocycles. The smallest absolute Gasteiger partial charge is 0.255 e. The van der Waals surface area contributed by atoms with Crippen molar-refractivity contribution < 1.29 is 9.18 Å². The highest BCUT2D eigenvalue weighted by Gasteiger charge is 2.23. The van der Waals surface area contributed by atoms with Gasteiger partial charge in [-0.25, -0.2) is 4.39 Å². The molecule has 0 radical (unpaired) electrons. The second-order valence-electron chi connectivity index (χ2n) is 5.74. The van der Waals surface area contributed by atoms with Crippen LogP contribution in [0.3, 0.4) is 0 Å². The van der Waals surface area contributed by atoms with Crippen molar-refractivity contribution in [2.24, 2.45) is 0 Å². The zero-order valence-corrected chi connectivity index (χ0v) is 15.1. The Kier molecular flexibility index (Phi) is 4.84. The van der Waals surface area contributed by atoms with Crippen molar-refractivity contribution in [2.45, 2.75) is 6.92 Å². The van der Waals surface area contributed by atoms with E-state index in [1.165, 1.54) is 12.1 Å². The molecule has 2 aromatic rings. The van der Waals surface area contributed by atoms with Crippen molar-refractivity contribution >= 4 is 34.2 Å². The minimum Gasteiger partial charge on any atom is -0.368 e. The number of amides is 1. The normalized spacial score (nSPS) is 14.9. The highest BCUT2D eigenvalue weighted by Crippen LogP contribution is 2.20. The summed E-state index contributed by atoms with van der Waals surface area (Å²) in [5.74, 6) is -0.135. The summed E-state index contributed by atoms with van der Waals surface area (Å²) in [4.78, 5) is 16.8. The van der Waals surface area contributed by atoms with Gasteiger partial charge in [0.2, 0.25) is 0 Å². The quantitative estimate of drug-likeness (QED) is 0.687. The lowest BCUT2D eigenvalue weighted by molar-refractivity contribution is 0.0745. The van der Waals surface area contributed by atoms with E-state index in [-0.39, 0.29) is 11.7 Å². The number of hydrogen-bond donors (Lipinski definition) is 0. The highest BCUT2D eigenvalue weighted by atomic mass is 127. The van der Waals surface area contributed by atoms with E-state index >= 15 is 0 Å². The second-order valence-corrected chi connectivity index (χ2v) is 6.90. The van der Waals surface area contributed by atoms with Crippen LogP contribution in [-0.4, -0.2) is 37.0 Å². The van der Waals surface area contributed by atoms with E-state index in [0.717, 1.165) is 33.5 Å². The van der Waals surface area contributed by atoms with Crippen LogP contribution in [0.25, 0.3) is 0 Å². The first-order valence-corrected chi connectivity index (χ1v) is 8.68. The van der Waals surface area contributed by atoms with Crippen molar-refractivity contribution in [1.29, 1.82) is 0 Å². The van der Waals surface area contributed by atoms with Crippen LogP contribution >= 0.6 is 22.6 Å². The van der Waals surface area contributed by atoms with Crippen molar-refractivity contribution in [3.8, 4) is 0 Å². The van der Waals surface area contributed by atoms with Crippen LogP contribution in [0.1, 0.15) is 15.9 Å². The molecular weight excluding hydrogens is 406 g/mol. The van der Waals surface area contributed by atoms with Crippen LogP contribution in [0, 0.1) is 16.3 Å². The summed E-state index contributed by atoms with van der Waals surface area (Å²) < 4.78 is 14.0. The number of rotatable bonds is 2. The van der Waals surface area contributed by atoms with Gasteiger partial charge in [0.05, 0.1) is 5.56 Å². The fourth-order valence-electron chi connectivity index (χ4n) is 2.78. The maximum atomic E-state index is 13.0. The van der Waals surface area contributed by atoms with Gasteiger partial charge in [0.1, 0.15) is 5.82 Å². The van der Waals surface area contributed by atoms with Crippen molar-refractivity contribution in [1.82, 2.24) is 4.90 Å². The van der Waals surface area contributed by atoms with Crippen molar-refractivity contribution in [3.05, 3.63) is 63.0 Å². The van der Waals surface area contributed by atoms with E-state index in [4.69, 9.17) is 0 Å². The van der Waals surface area contributed by atoms with Gasteiger partial charge in [-0.1, -0.05) is 11.6 Å². The van der Waals surface area contributed by atoms with Crippen LogP contribution in [-0.2, 0) is 0 Å². The number of benzene rings is 2. The average Bonchev–Trinajstić information content (AvgIpc) is 2.55. The molecule has 23 heavy (non-hydrogen) atoms. The van der Waals surface area contributed by atoms with Crippen LogP contribution in [0.15, 0.2) is 42.5 Å². The Morgan fingerprint density at radius 3 is 2.30 bits per heavy atom. The van der Waals surface area contributed by atoms with Gasteiger partial charge in [-0.05, 0) is 65.9 Å². The summed E-state index contributed by atoms with van der Waals surface area (Å²) in [5, 5.41) is 0. The zero-order chi connectivity index (χ0) is 16.4. The minimum absolute atomic E-state index is 0.0909. The Hall–Kier alpha value is -1.63. The van der Waals surface area contributed by atoms with Crippen molar-refractivity contribution in [2.75, 3.05) is 31.1 Å². The average molecular weight is 424 g/mol. The Labute approximate surface area is 149 Å². The number of hydrogen-bond acceptors (Lipinski definition) is 2. The summed E-state index contributed by atoms with van der Waals surface area (Å²) in [6.07, 6.45) is 0. The summed E-state index contributed by atoms with van der Waals surface area (Å²) in [5.41, 5.74) is 2.93. The van der Waals surface area contributed by atoms with Gasteiger partial charge in [-0.3, -0.25) is 4.79 Å². The molecule has 5 heteroatoms. The lowest BCUT2D eigenvalue weighted by Crippen LogP contribution is -2.49. The molecule has 0 aliphatic carbocycles. The first-order chi connectivity index (χ1) is 11.0. The number of halogens is 2. The minimum atomic E-state index is -0.225. The molecule has 0 unspecified atom stereocenters. The van der Waals surface area contributed by atoms with Crippen LogP contribution < -0.4 is 4.90 Å². The van der Waals surface area contributed by atoms with Crippen LogP contribution in [0.2, 0.25) is 0 Å². The predicted molar refractivity (Wildman–Crippen MR) is 98.4 cm³/mol. The molecule has 0 aromatic heterocycles. The fraction of sp³-hybridized carbons (Fsp3) is 0.278. The summed E-state index contributed by atoms with van der Waals surface area (Å²) in [6.45, 7) is 4.91. The third-order valence-corrected chi connectivity index (χ3v) is 5.01. The van der Waals surface area contributed by atoms with Gasteiger partial charge < -0.3 is 9.80 Å².